The molecule has 39 heavy (non-hydrogen) atoms. The Morgan fingerprint density at radius 1 is 1.13 bits per heavy atom. The van der Waals surface area contributed by atoms with E-state index < -0.39 is 18.5 Å². The fourth-order valence-corrected chi connectivity index (χ4v) is 5.04. The predicted molar refractivity (Wildman–Crippen MR) is 142 cm³/mol. The molecule has 0 radical (unpaired) electrons. The Morgan fingerprint density at radius 3 is 2.69 bits per heavy atom. The minimum Gasteiger partial charge on any atom is -0.323 e. The molecule has 1 aliphatic heterocycles. The first-order valence-electron chi connectivity index (χ1n) is 12.3. The van der Waals surface area contributed by atoms with Gasteiger partial charge >= 0.3 is 6.55 Å². The van der Waals surface area contributed by atoms with Gasteiger partial charge in [0.25, 0.3) is 5.56 Å². The molecule has 4 heterocycles. The zero-order valence-electron chi connectivity index (χ0n) is 20.8. The molecule has 11 heteroatoms. The maximum Gasteiger partial charge on any atom is 0.333 e. The summed E-state index contributed by atoms with van der Waals surface area (Å²) < 4.78 is 29.8. The number of hydrogen-bond donors (Lipinski definition) is 1. The number of halogens is 3. The number of fused-ring (bicyclic) bond motifs is 4. The maximum atomic E-state index is 13.8. The highest BCUT2D eigenvalue weighted by Gasteiger charge is 2.26. The molecule has 1 N–H and O–H groups in total. The van der Waals surface area contributed by atoms with Crippen LogP contribution in [-0.4, -0.2) is 25.2 Å². The Kier molecular flexibility index (Phi) is 7.26. The highest BCUT2D eigenvalue weighted by Crippen LogP contribution is 2.35. The van der Waals surface area contributed by atoms with E-state index in [0.717, 1.165) is 0 Å². The molecule has 3 aromatic heterocycles. The normalized spacial score (nSPS) is 17.5. The average molecular weight is 549 g/mol. The Morgan fingerprint density at radius 2 is 1.95 bits per heavy atom. The van der Waals surface area contributed by atoms with Gasteiger partial charge in [0, 0.05) is 40.5 Å². The van der Waals surface area contributed by atoms with Crippen LogP contribution in [0, 0.1) is 17.2 Å². The lowest BCUT2D eigenvalue weighted by molar-refractivity contribution is -0.119. The quantitative estimate of drug-likeness (QED) is 0.336. The summed E-state index contributed by atoms with van der Waals surface area (Å²) in [6, 6.07) is 12.8. The number of nitrogens with zero attached hydrogens (tertiary/aromatic N) is 5. The van der Waals surface area contributed by atoms with E-state index in [1.807, 2.05) is 0 Å². The van der Waals surface area contributed by atoms with Crippen molar-refractivity contribution in [1.29, 1.82) is 5.26 Å². The highest BCUT2D eigenvalue weighted by molar-refractivity contribution is 6.30. The molecule has 2 atom stereocenters. The third-order valence-electron chi connectivity index (χ3n) is 6.89. The molecule has 2 bridgehead atoms. The van der Waals surface area contributed by atoms with Gasteiger partial charge in [-0.25, -0.2) is 4.68 Å². The van der Waals surface area contributed by atoms with E-state index in [1.54, 1.807) is 49.5 Å². The van der Waals surface area contributed by atoms with E-state index >= 15 is 0 Å². The average Bonchev–Trinajstić information content (AvgIpc) is 3.34. The molecule has 1 amide bonds. The number of aromatic nitrogens is 4. The predicted octanol–water partition coefficient (Wildman–Crippen LogP) is 6.04. The van der Waals surface area contributed by atoms with E-state index in [4.69, 9.17) is 11.6 Å². The lowest BCUT2D eigenvalue weighted by atomic mass is 9.96. The van der Waals surface area contributed by atoms with Crippen molar-refractivity contribution >= 4 is 23.2 Å². The van der Waals surface area contributed by atoms with Crippen LogP contribution < -0.4 is 10.9 Å². The molecule has 8 nitrogen and oxygen atoms in total. The van der Waals surface area contributed by atoms with Gasteiger partial charge in [-0.3, -0.25) is 14.6 Å². The van der Waals surface area contributed by atoms with Crippen molar-refractivity contribution in [3.8, 4) is 28.5 Å². The second kappa shape index (κ2) is 10.8. The number of alkyl halides is 2. The first-order valence-corrected chi connectivity index (χ1v) is 12.7. The Hall–Kier alpha value is -4.36. The van der Waals surface area contributed by atoms with Crippen LogP contribution >= 0.6 is 11.6 Å². The number of anilines is 1. The SMILES string of the molecule is CC1CCC[C@H](n2ccc(-c3cc(Cl)ccc3C#N)cc2=O)c2cc(ccn2)-c2c(cnn2C(F)F)NC1=O. The lowest BCUT2D eigenvalue weighted by Gasteiger charge is -2.22. The van der Waals surface area contributed by atoms with E-state index in [0.29, 0.717) is 56.9 Å². The van der Waals surface area contributed by atoms with Crippen LogP contribution in [0.2, 0.25) is 5.02 Å². The third kappa shape index (κ3) is 5.18. The fraction of sp³-hybridized carbons (Fsp3) is 0.250. The summed E-state index contributed by atoms with van der Waals surface area (Å²) in [6.45, 7) is -1.16. The van der Waals surface area contributed by atoms with Gasteiger partial charge in [-0.05, 0) is 54.8 Å². The Balaban J connectivity index is 1.63. The zero-order valence-corrected chi connectivity index (χ0v) is 21.6. The van der Waals surface area contributed by atoms with Crippen LogP contribution in [0.15, 0.2) is 65.8 Å². The molecule has 0 saturated heterocycles. The van der Waals surface area contributed by atoms with Gasteiger partial charge in [0.15, 0.2) is 0 Å². The van der Waals surface area contributed by atoms with Gasteiger partial charge in [0.05, 0.1) is 40.9 Å². The second-order valence-corrected chi connectivity index (χ2v) is 9.83. The number of hydrogen-bond acceptors (Lipinski definition) is 5. The van der Waals surface area contributed by atoms with Crippen molar-refractivity contribution in [1.82, 2.24) is 19.3 Å². The van der Waals surface area contributed by atoms with E-state index in [-0.39, 0.29) is 22.8 Å². The van der Waals surface area contributed by atoms with Crippen LogP contribution in [0.4, 0.5) is 14.5 Å². The molecular formula is C28H23ClF2N6O2. The van der Waals surface area contributed by atoms with Crippen molar-refractivity contribution in [3.63, 3.8) is 0 Å². The number of amides is 1. The molecule has 198 valence electrons. The number of nitriles is 1. The van der Waals surface area contributed by atoms with E-state index in [2.05, 4.69) is 21.5 Å². The van der Waals surface area contributed by atoms with Gasteiger partial charge in [-0.15, -0.1) is 0 Å². The minimum atomic E-state index is -2.93. The van der Waals surface area contributed by atoms with Crippen molar-refractivity contribution in [3.05, 3.63) is 87.7 Å². The zero-order chi connectivity index (χ0) is 27.7. The Bertz CT molecular complexity index is 1660. The van der Waals surface area contributed by atoms with Crippen LogP contribution in [-0.2, 0) is 4.79 Å². The van der Waals surface area contributed by atoms with Crippen LogP contribution in [0.25, 0.3) is 22.4 Å². The van der Waals surface area contributed by atoms with Gasteiger partial charge in [0.2, 0.25) is 5.91 Å². The monoisotopic (exact) mass is 548 g/mol. The molecule has 1 aromatic carbocycles. The number of pyridine rings is 2. The van der Waals surface area contributed by atoms with Crippen LogP contribution in [0.5, 0.6) is 0 Å². The molecular weight excluding hydrogens is 526 g/mol. The van der Waals surface area contributed by atoms with Gasteiger partial charge < -0.3 is 9.88 Å². The first-order chi connectivity index (χ1) is 18.8. The van der Waals surface area contributed by atoms with Gasteiger partial charge in [-0.1, -0.05) is 24.9 Å². The lowest BCUT2D eigenvalue weighted by Crippen LogP contribution is -2.26. The first kappa shape index (κ1) is 26.3. The van der Waals surface area contributed by atoms with E-state index in [9.17, 15) is 23.6 Å². The standard InChI is InChI=1S/C28H23ClF2N6O2/c1-16-3-2-4-24(36-10-8-17(12-25(36)38)21-13-20(29)6-5-19(21)14-32)22-11-18(7-9-33-22)26-23(35-27(16)39)15-34-37(26)28(30)31/h5-13,15-16,24,28H,2-4H2,1H3,(H,35,39)/t16?,24-/m0/s1. The second-order valence-electron chi connectivity index (χ2n) is 9.40. The largest absolute Gasteiger partial charge is 0.333 e. The number of benzene rings is 1. The van der Waals surface area contributed by atoms with Gasteiger partial charge in [0.1, 0.15) is 0 Å². The van der Waals surface area contributed by atoms with Crippen molar-refractivity contribution in [2.75, 3.05) is 5.32 Å². The molecule has 1 aliphatic rings. The highest BCUT2D eigenvalue weighted by atomic mass is 35.5. The van der Waals surface area contributed by atoms with Crippen LogP contribution in [0.3, 0.4) is 0 Å². The summed E-state index contributed by atoms with van der Waals surface area (Å²) in [5, 5.41) is 16.5. The third-order valence-corrected chi connectivity index (χ3v) is 7.13. The smallest absolute Gasteiger partial charge is 0.323 e. The molecule has 0 aliphatic carbocycles. The summed E-state index contributed by atoms with van der Waals surface area (Å²) in [4.78, 5) is 30.7. The van der Waals surface area contributed by atoms with Crippen molar-refractivity contribution in [2.45, 2.75) is 38.8 Å². The molecule has 1 unspecified atom stereocenters. The molecule has 0 saturated carbocycles. The minimum absolute atomic E-state index is 0.0567. The van der Waals surface area contributed by atoms with Crippen molar-refractivity contribution in [2.24, 2.45) is 5.92 Å². The summed E-state index contributed by atoms with van der Waals surface area (Å²) in [7, 11) is 0. The summed E-state index contributed by atoms with van der Waals surface area (Å²) in [6.07, 6.45) is 5.94. The molecule has 0 fully saturated rings. The molecule has 5 rings (SSSR count). The summed E-state index contributed by atoms with van der Waals surface area (Å²) >= 11 is 6.14. The van der Waals surface area contributed by atoms with Crippen molar-refractivity contribution < 1.29 is 13.6 Å². The summed E-state index contributed by atoms with van der Waals surface area (Å²) in [5.74, 6) is -0.696. The topological polar surface area (TPSA) is 106 Å². The number of carbonyl (C=O) groups is 1. The van der Waals surface area contributed by atoms with E-state index in [1.165, 1.54) is 23.0 Å². The summed E-state index contributed by atoms with van der Waals surface area (Å²) in [5.41, 5.74) is 2.27. The number of carbonyl (C=O) groups excluding carboxylic acids is 1. The number of rotatable bonds is 3. The molecule has 4 aromatic rings. The van der Waals surface area contributed by atoms with Gasteiger partial charge in [-0.2, -0.15) is 19.1 Å². The Labute approximate surface area is 227 Å². The number of nitrogens with one attached hydrogen (secondary N) is 1. The molecule has 0 spiro atoms. The van der Waals surface area contributed by atoms with Crippen LogP contribution in [0.1, 0.15) is 50.0 Å². The fourth-order valence-electron chi connectivity index (χ4n) is 4.87. The maximum absolute atomic E-state index is 13.8.